The Kier molecular flexibility index (Phi) is 4.98. The van der Waals surface area contributed by atoms with Gasteiger partial charge in [-0.25, -0.2) is 0 Å². The van der Waals surface area contributed by atoms with E-state index in [0.717, 1.165) is 6.42 Å². The van der Waals surface area contributed by atoms with Gasteiger partial charge >= 0.3 is 6.01 Å². The lowest BCUT2D eigenvalue weighted by atomic mass is 10.5. The quantitative estimate of drug-likeness (QED) is 0.718. The predicted molar refractivity (Wildman–Crippen MR) is 61.3 cm³/mol. The number of ether oxygens (including phenoxy) is 2. The van der Waals surface area contributed by atoms with Crippen molar-refractivity contribution in [3.63, 3.8) is 0 Å². The number of hydrogen-bond acceptors (Lipinski definition) is 5. The fourth-order valence-electron chi connectivity index (χ4n) is 0.953. The van der Waals surface area contributed by atoms with Gasteiger partial charge in [-0.05, 0) is 24.9 Å². The van der Waals surface area contributed by atoms with Crippen molar-refractivity contribution in [3.8, 4) is 6.01 Å². The number of hydrogen-bond donors (Lipinski definition) is 0. The van der Waals surface area contributed by atoms with Gasteiger partial charge in [-0.3, -0.25) is 0 Å². The van der Waals surface area contributed by atoms with Crippen LogP contribution < -0.4 is 4.74 Å². The molecule has 0 aliphatic rings. The van der Waals surface area contributed by atoms with Gasteiger partial charge in [-0.15, -0.1) is 0 Å². The molecule has 0 saturated heterocycles. The Hall–Kier alpha value is -1.36. The summed E-state index contributed by atoms with van der Waals surface area (Å²) in [7, 11) is 0. The van der Waals surface area contributed by atoms with Gasteiger partial charge in [0.05, 0.1) is 13.2 Å². The van der Waals surface area contributed by atoms with Crippen molar-refractivity contribution in [1.82, 2.24) is 15.0 Å². The first-order valence-electron chi connectivity index (χ1n) is 5.03. The van der Waals surface area contributed by atoms with Crippen molar-refractivity contribution in [1.29, 1.82) is 0 Å². The summed E-state index contributed by atoms with van der Waals surface area (Å²) < 4.78 is 10.4. The minimum Gasteiger partial charge on any atom is -0.491 e. The van der Waals surface area contributed by atoms with Crippen LogP contribution in [0.1, 0.15) is 26.1 Å². The van der Waals surface area contributed by atoms with E-state index in [1.165, 1.54) is 0 Å². The van der Waals surface area contributed by atoms with Crippen molar-refractivity contribution in [2.75, 3.05) is 13.2 Å². The molecular formula is C10H14ClN3O2. The highest BCUT2D eigenvalue weighted by Crippen LogP contribution is 2.14. The van der Waals surface area contributed by atoms with Crippen LogP contribution in [-0.2, 0) is 4.74 Å². The second kappa shape index (κ2) is 6.27. The maximum absolute atomic E-state index is 5.73. The molecule has 6 heteroatoms. The first-order valence-corrected chi connectivity index (χ1v) is 5.41. The summed E-state index contributed by atoms with van der Waals surface area (Å²) in [6.45, 7) is 8.55. The van der Waals surface area contributed by atoms with E-state index in [2.05, 4.69) is 21.5 Å². The molecule has 1 aromatic heterocycles. The second-order valence-electron chi connectivity index (χ2n) is 2.92. The summed E-state index contributed by atoms with van der Waals surface area (Å²) >= 11 is 5.73. The van der Waals surface area contributed by atoms with Crippen molar-refractivity contribution in [2.24, 2.45) is 0 Å². The smallest absolute Gasteiger partial charge is 0.321 e. The Morgan fingerprint density at radius 2 is 2.06 bits per heavy atom. The highest BCUT2D eigenvalue weighted by molar-refractivity contribution is 6.28. The van der Waals surface area contributed by atoms with E-state index in [1.54, 1.807) is 0 Å². The van der Waals surface area contributed by atoms with Gasteiger partial charge in [0.2, 0.25) is 11.1 Å². The fraction of sp³-hybridized carbons (Fsp3) is 0.500. The highest BCUT2D eigenvalue weighted by atomic mass is 35.5. The van der Waals surface area contributed by atoms with E-state index in [-0.39, 0.29) is 11.3 Å². The van der Waals surface area contributed by atoms with Crippen molar-refractivity contribution >= 4 is 17.4 Å². The average Bonchev–Trinajstić information content (AvgIpc) is 2.26. The number of aromatic nitrogens is 3. The number of halogens is 1. The molecule has 0 aromatic carbocycles. The van der Waals surface area contributed by atoms with Gasteiger partial charge in [-0.1, -0.05) is 13.5 Å². The van der Waals surface area contributed by atoms with Gasteiger partial charge in [-0.2, -0.15) is 15.0 Å². The number of rotatable bonds is 6. The minimum absolute atomic E-state index is 0.0666. The lowest BCUT2D eigenvalue weighted by Gasteiger charge is -2.07. The molecule has 0 bridgehead atoms. The van der Waals surface area contributed by atoms with Crippen LogP contribution in [0.5, 0.6) is 6.01 Å². The van der Waals surface area contributed by atoms with E-state index in [9.17, 15) is 0 Å². The summed E-state index contributed by atoms with van der Waals surface area (Å²) in [5.41, 5.74) is 0. The fourth-order valence-corrected chi connectivity index (χ4v) is 1.11. The van der Waals surface area contributed by atoms with Gasteiger partial charge in [0.15, 0.2) is 5.76 Å². The molecule has 0 unspecified atom stereocenters. The van der Waals surface area contributed by atoms with Crippen LogP contribution >= 0.6 is 11.6 Å². The molecular weight excluding hydrogens is 230 g/mol. The Morgan fingerprint density at radius 1 is 1.31 bits per heavy atom. The van der Waals surface area contributed by atoms with Crippen LogP contribution in [0.15, 0.2) is 6.58 Å². The predicted octanol–water partition coefficient (Wildman–Crippen LogP) is 2.32. The maximum Gasteiger partial charge on any atom is 0.321 e. The molecule has 16 heavy (non-hydrogen) atoms. The van der Waals surface area contributed by atoms with E-state index in [0.29, 0.717) is 24.8 Å². The molecule has 0 radical (unpaired) electrons. The van der Waals surface area contributed by atoms with Crippen molar-refractivity contribution in [2.45, 2.75) is 20.3 Å². The summed E-state index contributed by atoms with van der Waals surface area (Å²) in [6.07, 6.45) is 0.866. The van der Waals surface area contributed by atoms with Gasteiger partial charge in [0.25, 0.3) is 0 Å². The molecule has 88 valence electrons. The molecule has 5 nitrogen and oxygen atoms in total. The molecule has 0 aliphatic heterocycles. The third kappa shape index (κ3) is 3.66. The molecule has 0 aliphatic carbocycles. The van der Waals surface area contributed by atoms with Crippen LogP contribution in [0.25, 0.3) is 5.76 Å². The Balaban J connectivity index is 2.84. The molecule has 1 rings (SSSR count). The Labute approximate surface area is 99.5 Å². The van der Waals surface area contributed by atoms with Crippen LogP contribution in [-0.4, -0.2) is 28.2 Å². The zero-order valence-corrected chi connectivity index (χ0v) is 10.1. The monoisotopic (exact) mass is 243 g/mol. The molecule has 0 atom stereocenters. The first kappa shape index (κ1) is 12.7. The molecule has 0 fully saturated rings. The molecule has 1 heterocycles. The van der Waals surface area contributed by atoms with Crippen LogP contribution in [0.3, 0.4) is 0 Å². The standard InChI is InChI=1S/C10H14ClN3O2/c1-4-6-16-10-13-8(7(3)15-5-2)12-9(11)14-10/h3-6H2,1-2H3. The van der Waals surface area contributed by atoms with Crippen molar-refractivity contribution < 1.29 is 9.47 Å². The maximum atomic E-state index is 5.73. The number of nitrogens with zero attached hydrogens (tertiary/aromatic N) is 3. The normalized spacial score (nSPS) is 9.94. The van der Waals surface area contributed by atoms with Crippen LogP contribution in [0.2, 0.25) is 5.28 Å². The third-order valence-corrected chi connectivity index (χ3v) is 1.76. The van der Waals surface area contributed by atoms with Gasteiger partial charge in [0.1, 0.15) is 0 Å². The van der Waals surface area contributed by atoms with Crippen molar-refractivity contribution in [3.05, 3.63) is 17.7 Å². The lowest BCUT2D eigenvalue weighted by Crippen LogP contribution is -2.05. The van der Waals surface area contributed by atoms with E-state index < -0.39 is 0 Å². The lowest BCUT2D eigenvalue weighted by molar-refractivity contribution is 0.282. The third-order valence-electron chi connectivity index (χ3n) is 1.59. The molecule has 1 aromatic rings. The topological polar surface area (TPSA) is 57.1 Å². The zero-order chi connectivity index (χ0) is 12.0. The SMILES string of the molecule is C=C(OCC)c1nc(Cl)nc(OCCC)n1. The van der Waals surface area contributed by atoms with Gasteiger partial charge in [0, 0.05) is 0 Å². The minimum atomic E-state index is 0.0666. The summed E-state index contributed by atoms with van der Waals surface area (Å²) in [5, 5.41) is 0.0666. The molecule has 0 N–H and O–H groups in total. The van der Waals surface area contributed by atoms with Crippen LogP contribution in [0, 0.1) is 0 Å². The largest absolute Gasteiger partial charge is 0.491 e. The molecule has 0 spiro atoms. The highest BCUT2D eigenvalue weighted by Gasteiger charge is 2.09. The zero-order valence-electron chi connectivity index (χ0n) is 9.36. The Morgan fingerprint density at radius 3 is 2.69 bits per heavy atom. The second-order valence-corrected chi connectivity index (χ2v) is 3.25. The first-order chi connectivity index (χ1) is 7.67. The van der Waals surface area contributed by atoms with Crippen LogP contribution in [0.4, 0.5) is 0 Å². The summed E-state index contributed by atoms with van der Waals surface area (Å²) in [6, 6.07) is 0.192. The van der Waals surface area contributed by atoms with Gasteiger partial charge < -0.3 is 9.47 Å². The van der Waals surface area contributed by atoms with E-state index in [4.69, 9.17) is 21.1 Å². The summed E-state index contributed by atoms with van der Waals surface area (Å²) in [4.78, 5) is 11.8. The Bertz CT molecular complexity index is 371. The van der Waals surface area contributed by atoms with E-state index in [1.807, 2.05) is 13.8 Å². The summed E-state index contributed by atoms with van der Waals surface area (Å²) in [5.74, 6) is 0.654. The molecule has 0 saturated carbocycles. The average molecular weight is 244 g/mol. The van der Waals surface area contributed by atoms with E-state index >= 15 is 0 Å². The molecule has 0 amide bonds.